The van der Waals surface area contributed by atoms with Gasteiger partial charge < -0.3 is 20.1 Å². The molecule has 0 heterocycles. The molecule has 0 radical (unpaired) electrons. The van der Waals surface area contributed by atoms with Gasteiger partial charge in [0.2, 0.25) is 0 Å². The van der Waals surface area contributed by atoms with Gasteiger partial charge in [0.15, 0.2) is 6.61 Å². The van der Waals surface area contributed by atoms with E-state index in [1.165, 1.54) is 26.4 Å². The summed E-state index contributed by atoms with van der Waals surface area (Å²) >= 11 is 0. The summed E-state index contributed by atoms with van der Waals surface area (Å²) in [5, 5.41) is 5.86. The zero-order chi connectivity index (χ0) is 21.1. The summed E-state index contributed by atoms with van der Waals surface area (Å²) in [6, 6.07) is 6.88. The number of nitrogens with one attached hydrogen (secondary N) is 2. The van der Waals surface area contributed by atoms with Gasteiger partial charge in [0.05, 0.1) is 19.1 Å². The predicted molar refractivity (Wildman–Crippen MR) is 110 cm³/mol. The molecule has 0 aromatic heterocycles. The second-order valence-electron chi connectivity index (χ2n) is 9.11. The van der Waals surface area contributed by atoms with Crippen LogP contribution in [0.15, 0.2) is 24.3 Å². The lowest BCUT2D eigenvalue weighted by Gasteiger charge is -2.56. The van der Waals surface area contributed by atoms with Crippen LogP contribution in [0.4, 0.5) is 0 Å². The summed E-state index contributed by atoms with van der Waals surface area (Å²) in [7, 11) is 1.50. The summed E-state index contributed by atoms with van der Waals surface area (Å²) in [5.41, 5.74) is 0.323. The van der Waals surface area contributed by atoms with Crippen LogP contribution in [0.5, 0.6) is 5.75 Å². The third kappa shape index (κ3) is 4.60. The van der Waals surface area contributed by atoms with Crippen molar-refractivity contribution in [2.45, 2.75) is 50.5 Å². The molecule has 30 heavy (non-hydrogen) atoms. The molecule has 1 aromatic rings. The smallest absolute Gasteiger partial charge is 0.308 e. The highest BCUT2D eigenvalue weighted by atomic mass is 16.5. The second-order valence-corrected chi connectivity index (χ2v) is 9.11. The molecule has 7 nitrogen and oxygen atoms in total. The number of carbonyl (C=O) groups is 3. The van der Waals surface area contributed by atoms with Gasteiger partial charge in [-0.15, -0.1) is 0 Å². The normalized spacial score (nSPS) is 28.6. The molecule has 0 aliphatic heterocycles. The van der Waals surface area contributed by atoms with E-state index in [1.54, 1.807) is 24.3 Å². The molecule has 0 saturated heterocycles. The zero-order valence-electron chi connectivity index (χ0n) is 17.4. The Morgan fingerprint density at radius 1 is 1.03 bits per heavy atom. The molecule has 4 aliphatic rings. The minimum atomic E-state index is -0.504. The standard InChI is InChI=1S/C23H30N2O5/c1-29-19-5-3-2-4-18(19)22(28)24-7-6-21(27)30-14-20(26)25-23-11-15-8-16(12-23)10-17(9-15)13-23/h2-5,15-17H,6-14H2,1H3,(H,24,28)(H,25,26). The van der Waals surface area contributed by atoms with Crippen molar-refractivity contribution in [2.75, 3.05) is 20.3 Å². The van der Waals surface area contributed by atoms with Gasteiger partial charge in [0, 0.05) is 12.1 Å². The van der Waals surface area contributed by atoms with Crippen LogP contribution >= 0.6 is 0 Å². The van der Waals surface area contributed by atoms with Gasteiger partial charge in [-0.2, -0.15) is 0 Å². The highest BCUT2D eigenvalue weighted by Crippen LogP contribution is 2.55. The predicted octanol–water partition coefficient (Wildman–Crippen LogP) is 2.44. The van der Waals surface area contributed by atoms with Crippen LogP contribution in [0.25, 0.3) is 0 Å². The number of methoxy groups -OCH3 is 1. The first kappa shape index (κ1) is 20.7. The van der Waals surface area contributed by atoms with Crippen molar-refractivity contribution in [3.8, 4) is 5.75 Å². The molecule has 2 amide bonds. The first-order valence-corrected chi connectivity index (χ1v) is 10.8. The molecule has 4 bridgehead atoms. The van der Waals surface area contributed by atoms with Crippen molar-refractivity contribution >= 4 is 17.8 Å². The van der Waals surface area contributed by atoms with Crippen molar-refractivity contribution in [2.24, 2.45) is 17.8 Å². The van der Waals surface area contributed by atoms with Crippen molar-refractivity contribution in [3.63, 3.8) is 0 Å². The number of hydrogen-bond acceptors (Lipinski definition) is 5. The number of rotatable bonds is 8. The summed E-state index contributed by atoms with van der Waals surface area (Å²) in [4.78, 5) is 36.6. The van der Waals surface area contributed by atoms with Crippen LogP contribution in [0.2, 0.25) is 0 Å². The summed E-state index contributed by atoms with van der Waals surface area (Å²) < 4.78 is 10.3. The molecular weight excluding hydrogens is 384 g/mol. The molecule has 0 unspecified atom stereocenters. The maximum Gasteiger partial charge on any atom is 0.308 e. The van der Waals surface area contributed by atoms with Gasteiger partial charge in [0.1, 0.15) is 5.75 Å². The fourth-order valence-electron chi connectivity index (χ4n) is 6.02. The van der Waals surface area contributed by atoms with E-state index in [1.807, 2.05) is 0 Å². The van der Waals surface area contributed by atoms with E-state index in [-0.39, 0.29) is 36.9 Å². The van der Waals surface area contributed by atoms with Crippen molar-refractivity contribution in [1.29, 1.82) is 0 Å². The SMILES string of the molecule is COc1ccccc1C(=O)NCCC(=O)OCC(=O)NC12CC3CC(CC(C3)C1)C2. The van der Waals surface area contributed by atoms with E-state index in [4.69, 9.17) is 9.47 Å². The molecule has 162 valence electrons. The Labute approximate surface area is 176 Å². The molecule has 1 aromatic carbocycles. The van der Waals surface area contributed by atoms with Crippen molar-refractivity contribution in [1.82, 2.24) is 10.6 Å². The van der Waals surface area contributed by atoms with Gasteiger partial charge in [0.25, 0.3) is 11.8 Å². The third-order valence-electron chi connectivity index (χ3n) is 6.77. The van der Waals surface area contributed by atoms with E-state index in [9.17, 15) is 14.4 Å². The molecule has 0 atom stereocenters. The summed E-state index contributed by atoms with van der Waals surface area (Å²) in [6.07, 6.45) is 7.13. The maximum absolute atomic E-state index is 12.4. The molecule has 7 heteroatoms. The molecule has 4 saturated carbocycles. The second kappa shape index (κ2) is 8.66. The van der Waals surface area contributed by atoms with Crippen LogP contribution in [0.3, 0.4) is 0 Å². The van der Waals surface area contributed by atoms with Crippen LogP contribution in [0.1, 0.15) is 55.3 Å². The average Bonchev–Trinajstić information content (AvgIpc) is 2.70. The van der Waals surface area contributed by atoms with E-state index < -0.39 is 5.97 Å². The molecule has 2 N–H and O–H groups in total. The molecule has 5 rings (SSSR count). The maximum atomic E-state index is 12.4. The molecule has 4 aliphatic carbocycles. The Kier molecular flexibility index (Phi) is 5.97. The molecule has 4 fully saturated rings. The number of amides is 2. The lowest BCUT2D eigenvalue weighted by atomic mass is 9.53. The van der Waals surface area contributed by atoms with Crippen LogP contribution < -0.4 is 15.4 Å². The number of benzene rings is 1. The Hall–Kier alpha value is -2.57. The minimum absolute atomic E-state index is 0.00549. The number of ether oxygens (including phenoxy) is 2. The topological polar surface area (TPSA) is 93.7 Å². The van der Waals surface area contributed by atoms with Gasteiger partial charge in [-0.05, 0) is 68.4 Å². The fraction of sp³-hybridized carbons (Fsp3) is 0.609. The molecular formula is C23H30N2O5. The van der Waals surface area contributed by atoms with E-state index in [0.717, 1.165) is 37.0 Å². The van der Waals surface area contributed by atoms with E-state index in [2.05, 4.69) is 10.6 Å². The van der Waals surface area contributed by atoms with Gasteiger partial charge >= 0.3 is 5.97 Å². The van der Waals surface area contributed by atoms with Crippen molar-refractivity contribution in [3.05, 3.63) is 29.8 Å². The van der Waals surface area contributed by atoms with Crippen LogP contribution in [-0.4, -0.2) is 43.6 Å². The first-order chi connectivity index (χ1) is 14.5. The molecule has 0 spiro atoms. The Morgan fingerprint density at radius 3 is 2.30 bits per heavy atom. The highest BCUT2D eigenvalue weighted by Gasteiger charge is 2.51. The third-order valence-corrected chi connectivity index (χ3v) is 6.77. The zero-order valence-corrected chi connectivity index (χ0v) is 17.4. The Balaban J connectivity index is 1.17. The van der Waals surface area contributed by atoms with Gasteiger partial charge in [-0.3, -0.25) is 14.4 Å². The number of para-hydroxylation sites is 1. The Morgan fingerprint density at radius 2 is 1.67 bits per heavy atom. The quantitative estimate of drug-likeness (QED) is 0.638. The average molecular weight is 415 g/mol. The van der Waals surface area contributed by atoms with E-state index >= 15 is 0 Å². The highest BCUT2D eigenvalue weighted by molar-refractivity contribution is 5.97. The first-order valence-electron chi connectivity index (χ1n) is 10.8. The van der Waals surface area contributed by atoms with Gasteiger partial charge in [-0.25, -0.2) is 0 Å². The van der Waals surface area contributed by atoms with Gasteiger partial charge in [-0.1, -0.05) is 12.1 Å². The lowest BCUT2D eigenvalue weighted by Crippen LogP contribution is -2.60. The van der Waals surface area contributed by atoms with Crippen LogP contribution in [0, 0.1) is 17.8 Å². The van der Waals surface area contributed by atoms with Crippen molar-refractivity contribution < 1.29 is 23.9 Å². The number of hydrogen-bond donors (Lipinski definition) is 2. The monoisotopic (exact) mass is 414 g/mol. The number of esters is 1. The fourth-order valence-corrected chi connectivity index (χ4v) is 6.02. The summed E-state index contributed by atoms with van der Waals surface area (Å²) in [6.45, 7) is -0.132. The summed E-state index contributed by atoms with van der Waals surface area (Å²) in [5.74, 6) is 1.65. The number of carbonyl (C=O) groups excluding carboxylic acids is 3. The minimum Gasteiger partial charge on any atom is -0.496 e. The largest absolute Gasteiger partial charge is 0.496 e. The van der Waals surface area contributed by atoms with E-state index in [0.29, 0.717) is 11.3 Å². The van der Waals surface area contributed by atoms with Crippen LogP contribution in [-0.2, 0) is 14.3 Å². The lowest BCUT2D eigenvalue weighted by molar-refractivity contribution is -0.150. The Bertz CT molecular complexity index is 786.